The molecule has 3 amide bonds. The maximum absolute atomic E-state index is 14.2. The smallest absolute Gasteiger partial charge is 0.321 e. The summed E-state index contributed by atoms with van der Waals surface area (Å²) in [4.78, 5) is 27.7. The standard InChI is InChI=1S/C16H19FN4O2.ClH/c17-14-2-1-12(21-4-3-19-16(21)23)5-13(14)15(22)20-8-10-6-18-7-11(10)9-20;/h1-2,5,10-11,18H,3-4,6-9H2,(H,19,23);1H/t10-,11+;. The van der Waals surface area contributed by atoms with Gasteiger partial charge in [-0.25, -0.2) is 9.18 Å². The van der Waals surface area contributed by atoms with Crippen LogP contribution in [0.15, 0.2) is 18.2 Å². The zero-order chi connectivity index (χ0) is 16.0. The van der Waals surface area contributed by atoms with E-state index in [-0.39, 0.29) is 29.9 Å². The Morgan fingerprint density at radius 1 is 1.21 bits per heavy atom. The lowest BCUT2D eigenvalue weighted by molar-refractivity contribution is 0.0777. The number of rotatable bonds is 2. The summed E-state index contributed by atoms with van der Waals surface area (Å²) in [6.07, 6.45) is 0. The lowest BCUT2D eigenvalue weighted by Gasteiger charge is -2.20. The third-order valence-electron chi connectivity index (χ3n) is 5.03. The maximum atomic E-state index is 14.2. The summed E-state index contributed by atoms with van der Waals surface area (Å²) >= 11 is 0. The van der Waals surface area contributed by atoms with Gasteiger partial charge in [0, 0.05) is 45.0 Å². The highest BCUT2D eigenvalue weighted by Gasteiger charge is 2.39. The minimum atomic E-state index is -0.534. The molecule has 3 aliphatic rings. The number of halogens is 2. The Morgan fingerprint density at radius 2 is 1.92 bits per heavy atom. The van der Waals surface area contributed by atoms with Gasteiger partial charge >= 0.3 is 6.03 Å². The number of likely N-dealkylation sites (tertiary alicyclic amines) is 1. The predicted octanol–water partition coefficient (Wildman–Crippen LogP) is 1.07. The topological polar surface area (TPSA) is 64.7 Å². The molecule has 3 fully saturated rings. The van der Waals surface area contributed by atoms with Crippen LogP contribution in [0.2, 0.25) is 0 Å². The van der Waals surface area contributed by atoms with E-state index in [0.29, 0.717) is 43.7 Å². The van der Waals surface area contributed by atoms with Crippen LogP contribution in [0, 0.1) is 17.7 Å². The van der Waals surface area contributed by atoms with Crippen molar-refractivity contribution in [3.05, 3.63) is 29.6 Å². The van der Waals surface area contributed by atoms with Crippen molar-refractivity contribution in [1.82, 2.24) is 15.5 Å². The summed E-state index contributed by atoms with van der Waals surface area (Å²) in [5, 5.41) is 6.03. The van der Waals surface area contributed by atoms with E-state index in [1.54, 1.807) is 11.0 Å². The molecule has 130 valence electrons. The van der Waals surface area contributed by atoms with Crippen molar-refractivity contribution in [2.24, 2.45) is 11.8 Å². The molecule has 3 heterocycles. The molecule has 6 nitrogen and oxygen atoms in total. The fraction of sp³-hybridized carbons (Fsp3) is 0.500. The van der Waals surface area contributed by atoms with Gasteiger partial charge in [-0.2, -0.15) is 0 Å². The normalized spacial score (nSPS) is 25.5. The molecule has 2 N–H and O–H groups in total. The van der Waals surface area contributed by atoms with Gasteiger partial charge in [0.1, 0.15) is 5.82 Å². The van der Waals surface area contributed by atoms with Crippen molar-refractivity contribution in [3.63, 3.8) is 0 Å². The Bertz CT molecular complexity index is 659. The van der Waals surface area contributed by atoms with Crippen LogP contribution < -0.4 is 15.5 Å². The second-order valence-electron chi connectivity index (χ2n) is 6.44. The first-order valence-electron chi connectivity index (χ1n) is 7.98. The average molecular weight is 355 g/mol. The third kappa shape index (κ3) is 2.82. The molecule has 4 rings (SSSR count). The molecule has 0 spiro atoms. The SMILES string of the molecule is Cl.O=C(c1cc(N2CCNC2=O)ccc1F)N1C[C@H]2CNC[C@H]2C1. The Labute approximate surface area is 145 Å². The van der Waals surface area contributed by atoms with Crippen molar-refractivity contribution in [2.75, 3.05) is 44.2 Å². The van der Waals surface area contributed by atoms with Gasteiger partial charge in [-0.15, -0.1) is 12.4 Å². The average Bonchev–Trinajstić information content (AvgIpc) is 3.22. The number of carbonyl (C=O) groups is 2. The molecule has 1 aromatic rings. The van der Waals surface area contributed by atoms with Gasteiger partial charge in [0.05, 0.1) is 5.56 Å². The highest BCUT2D eigenvalue weighted by Crippen LogP contribution is 2.29. The van der Waals surface area contributed by atoms with E-state index in [1.165, 1.54) is 17.0 Å². The van der Waals surface area contributed by atoms with Gasteiger partial charge < -0.3 is 15.5 Å². The number of hydrogen-bond donors (Lipinski definition) is 2. The zero-order valence-corrected chi connectivity index (χ0v) is 13.9. The molecule has 8 heteroatoms. The van der Waals surface area contributed by atoms with Crippen molar-refractivity contribution in [1.29, 1.82) is 0 Å². The molecule has 3 aliphatic heterocycles. The molecule has 3 saturated heterocycles. The van der Waals surface area contributed by atoms with E-state index in [4.69, 9.17) is 0 Å². The van der Waals surface area contributed by atoms with E-state index in [1.807, 2.05) is 0 Å². The molecular weight excluding hydrogens is 335 g/mol. The number of nitrogens with zero attached hydrogens (tertiary/aromatic N) is 2. The van der Waals surface area contributed by atoms with Crippen LogP contribution in [0.4, 0.5) is 14.9 Å². The van der Waals surface area contributed by atoms with E-state index in [9.17, 15) is 14.0 Å². The summed E-state index contributed by atoms with van der Waals surface area (Å²) in [5.74, 6) is 0.121. The first-order valence-corrected chi connectivity index (χ1v) is 7.98. The van der Waals surface area contributed by atoms with Gasteiger partial charge in [-0.3, -0.25) is 9.69 Å². The molecular formula is C16H20ClFN4O2. The Hall–Kier alpha value is -1.86. The van der Waals surface area contributed by atoms with Crippen LogP contribution in [-0.4, -0.2) is 56.1 Å². The number of urea groups is 1. The number of benzene rings is 1. The molecule has 1 aromatic carbocycles. The summed E-state index contributed by atoms with van der Waals surface area (Å²) in [5.41, 5.74) is 0.612. The molecule has 0 unspecified atom stereocenters. The van der Waals surface area contributed by atoms with Crippen LogP contribution in [0.5, 0.6) is 0 Å². The van der Waals surface area contributed by atoms with Gasteiger partial charge in [-0.05, 0) is 30.0 Å². The van der Waals surface area contributed by atoms with Crippen molar-refractivity contribution in [3.8, 4) is 0 Å². The van der Waals surface area contributed by atoms with Crippen LogP contribution in [0.25, 0.3) is 0 Å². The highest BCUT2D eigenvalue weighted by molar-refractivity contribution is 5.98. The number of amides is 3. The van der Waals surface area contributed by atoms with E-state index in [0.717, 1.165) is 13.1 Å². The minimum Gasteiger partial charge on any atom is -0.338 e. The zero-order valence-electron chi connectivity index (χ0n) is 13.1. The predicted molar refractivity (Wildman–Crippen MR) is 90.1 cm³/mol. The summed E-state index contributed by atoms with van der Waals surface area (Å²) in [7, 11) is 0. The first kappa shape index (κ1) is 17.0. The van der Waals surface area contributed by atoms with Crippen molar-refractivity contribution in [2.45, 2.75) is 0 Å². The lowest BCUT2D eigenvalue weighted by Crippen LogP contribution is -2.33. The second-order valence-corrected chi connectivity index (χ2v) is 6.44. The molecule has 0 aromatic heterocycles. The van der Waals surface area contributed by atoms with Gasteiger partial charge in [0.15, 0.2) is 0 Å². The monoisotopic (exact) mass is 354 g/mol. The van der Waals surface area contributed by atoms with Crippen molar-refractivity contribution < 1.29 is 14.0 Å². The first-order chi connectivity index (χ1) is 11.1. The van der Waals surface area contributed by atoms with E-state index in [2.05, 4.69) is 10.6 Å². The van der Waals surface area contributed by atoms with Crippen LogP contribution in [-0.2, 0) is 0 Å². The van der Waals surface area contributed by atoms with Crippen molar-refractivity contribution >= 4 is 30.0 Å². The van der Waals surface area contributed by atoms with E-state index >= 15 is 0 Å². The van der Waals surface area contributed by atoms with Gasteiger partial charge in [0.25, 0.3) is 5.91 Å². The Morgan fingerprint density at radius 3 is 2.54 bits per heavy atom. The fourth-order valence-electron chi connectivity index (χ4n) is 3.75. The molecule has 0 bridgehead atoms. The summed E-state index contributed by atoms with van der Waals surface area (Å²) < 4.78 is 14.2. The molecule has 0 saturated carbocycles. The fourth-order valence-corrected chi connectivity index (χ4v) is 3.75. The molecule has 0 aliphatic carbocycles. The number of nitrogens with one attached hydrogen (secondary N) is 2. The number of hydrogen-bond acceptors (Lipinski definition) is 3. The largest absolute Gasteiger partial charge is 0.338 e. The number of carbonyl (C=O) groups excluding carboxylic acids is 2. The minimum absolute atomic E-state index is 0. The highest BCUT2D eigenvalue weighted by atomic mass is 35.5. The lowest BCUT2D eigenvalue weighted by atomic mass is 10.0. The molecule has 0 radical (unpaired) electrons. The summed E-state index contributed by atoms with van der Waals surface area (Å²) in [6, 6.07) is 4.10. The van der Waals surface area contributed by atoms with Gasteiger partial charge in [0.2, 0.25) is 0 Å². The second kappa shape index (κ2) is 6.57. The quantitative estimate of drug-likeness (QED) is 0.835. The molecule has 2 atom stereocenters. The summed E-state index contributed by atoms with van der Waals surface area (Å²) in [6.45, 7) is 4.27. The number of fused-ring (bicyclic) bond motifs is 1. The van der Waals surface area contributed by atoms with Gasteiger partial charge in [-0.1, -0.05) is 0 Å². The van der Waals surface area contributed by atoms with E-state index < -0.39 is 5.82 Å². The Balaban J connectivity index is 0.00000169. The third-order valence-corrected chi connectivity index (χ3v) is 5.03. The van der Waals surface area contributed by atoms with Crippen LogP contribution in [0.3, 0.4) is 0 Å². The number of anilines is 1. The molecule has 24 heavy (non-hydrogen) atoms. The Kier molecular flexibility index (Phi) is 4.64. The maximum Gasteiger partial charge on any atom is 0.321 e. The van der Waals surface area contributed by atoms with Crippen LogP contribution >= 0.6 is 12.4 Å². The van der Waals surface area contributed by atoms with Crippen LogP contribution in [0.1, 0.15) is 10.4 Å².